The van der Waals surface area contributed by atoms with Crippen LogP contribution in [0.3, 0.4) is 0 Å². The van der Waals surface area contributed by atoms with Crippen molar-refractivity contribution in [3.8, 4) is 5.75 Å². The van der Waals surface area contributed by atoms with Crippen LogP contribution < -0.4 is 15.4 Å². The first-order valence-corrected chi connectivity index (χ1v) is 6.76. The van der Waals surface area contributed by atoms with Crippen LogP contribution in [-0.4, -0.2) is 32.7 Å². The zero-order valence-electron chi connectivity index (χ0n) is 10.8. The molecule has 5 heteroatoms. The van der Waals surface area contributed by atoms with Crippen LogP contribution in [0.15, 0.2) is 22.7 Å². The lowest BCUT2D eigenvalue weighted by molar-refractivity contribution is -0.120. The number of likely N-dealkylation sites (N-methyl/N-ethyl adjacent to an activating group) is 1. The highest BCUT2D eigenvalue weighted by molar-refractivity contribution is 9.10. The molecule has 0 unspecified atom stereocenters. The summed E-state index contributed by atoms with van der Waals surface area (Å²) in [4.78, 5) is 11.4. The quantitative estimate of drug-likeness (QED) is 0.806. The van der Waals surface area contributed by atoms with Gasteiger partial charge in [-0.05, 0) is 46.6 Å². The molecule has 0 aliphatic carbocycles. The molecule has 0 atom stereocenters. The van der Waals surface area contributed by atoms with Crippen LogP contribution in [0.4, 0.5) is 0 Å². The van der Waals surface area contributed by atoms with Crippen LogP contribution in [0.25, 0.3) is 0 Å². The highest BCUT2D eigenvalue weighted by atomic mass is 79.9. The van der Waals surface area contributed by atoms with E-state index in [1.54, 1.807) is 7.11 Å². The first-order valence-electron chi connectivity index (χ1n) is 5.97. The first kappa shape index (κ1) is 15.0. The van der Waals surface area contributed by atoms with Gasteiger partial charge in [0.05, 0.1) is 18.1 Å². The van der Waals surface area contributed by atoms with E-state index >= 15 is 0 Å². The van der Waals surface area contributed by atoms with Crippen molar-refractivity contribution < 1.29 is 9.53 Å². The Labute approximate surface area is 116 Å². The highest BCUT2D eigenvalue weighted by Gasteiger charge is 2.02. The molecule has 0 saturated carbocycles. The fraction of sp³-hybridized carbons (Fsp3) is 0.462. The number of amides is 1. The molecule has 0 spiro atoms. The van der Waals surface area contributed by atoms with Crippen LogP contribution in [-0.2, 0) is 11.2 Å². The number of benzene rings is 1. The van der Waals surface area contributed by atoms with Gasteiger partial charge in [-0.15, -0.1) is 0 Å². The second kappa shape index (κ2) is 8.11. The Morgan fingerprint density at radius 2 is 2.22 bits per heavy atom. The third-order valence-corrected chi connectivity index (χ3v) is 3.11. The number of methoxy groups -OCH3 is 1. The summed E-state index contributed by atoms with van der Waals surface area (Å²) in [5.41, 5.74) is 1.16. The molecule has 0 bridgehead atoms. The summed E-state index contributed by atoms with van der Waals surface area (Å²) < 4.78 is 6.09. The summed E-state index contributed by atoms with van der Waals surface area (Å²) in [6, 6.07) is 5.93. The van der Waals surface area contributed by atoms with E-state index < -0.39 is 0 Å². The number of halogens is 1. The zero-order valence-corrected chi connectivity index (χ0v) is 12.3. The van der Waals surface area contributed by atoms with Gasteiger partial charge in [-0.3, -0.25) is 4.79 Å². The van der Waals surface area contributed by atoms with Crippen LogP contribution in [0, 0.1) is 0 Å². The number of ether oxygens (including phenoxy) is 1. The Kier molecular flexibility index (Phi) is 6.75. The molecule has 0 fully saturated rings. The van der Waals surface area contributed by atoms with Gasteiger partial charge in [0.25, 0.3) is 0 Å². The summed E-state index contributed by atoms with van der Waals surface area (Å²) in [6.45, 7) is 3.80. The normalized spacial score (nSPS) is 10.2. The third kappa shape index (κ3) is 5.06. The highest BCUT2D eigenvalue weighted by Crippen LogP contribution is 2.25. The second-order valence-corrected chi connectivity index (χ2v) is 4.70. The minimum absolute atomic E-state index is 0.0319. The molecule has 1 amide bonds. The number of hydrogen-bond donors (Lipinski definition) is 2. The molecule has 0 saturated heterocycles. The van der Waals surface area contributed by atoms with Crippen molar-refractivity contribution in [3.63, 3.8) is 0 Å². The number of nitrogens with one attached hydrogen (secondary N) is 2. The number of carbonyl (C=O) groups is 1. The van der Waals surface area contributed by atoms with Crippen molar-refractivity contribution in [1.82, 2.24) is 10.6 Å². The number of rotatable bonds is 7. The Balaban J connectivity index is 2.35. The van der Waals surface area contributed by atoms with Gasteiger partial charge in [0.1, 0.15) is 5.75 Å². The van der Waals surface area contributed by atoms with Crippen LogP contribution >= 0.6 is 15.9 Å². The van der Waals surface area contributed by atoms with Gasteiger partial charge in [-0.2, -0.15) is 0 Å². The van der Waals surface area contributed by atoms with Crippen LogP contribution in [0.1, 0.15) is 12.5 Å². The Bertz CT molecular complexity index is 397. The Morgan fingerprint density at radius 3 is 2.83 bits per heavy atom. The second-order valence-electron chi connectivity index (χ2n) is 3.85. The Morgan fingerprint density at radius 1 is 1.44 bits per heavy atom. The van der Waals surface area contributed by atoms with Gasteiger partial charge in [-0.1, -0.05) is 13.0 Å². The lowest BCUT2D eigenvalue weighted by atomic mass is 10.1. The summed E-state index contributed by atoms with van der Waals surface area (Å²) in [6.07, 6.45) is 0.806. The van der Waals surface area contributed by atoms with E-state index in [1.807, 2.05) is 25.1 Å². The van der Waals surface area contributed by atoms with Crippen molar-refractivity contribution in [2.45, 2.75) is 13.3 Å². The van der Waals surface area contributed by atoms with Crippen molar-refractivity contribution in [2.75, 3.05) is 26.7 Å². The van der Waals surface area contributed by atoms with Gasteiger partial charge in [0.2, 0.25) is 5.91 Å². The fourth-order valence-electron chi connectivity index (χ4n) is 1.51. The van der Waals surface area contributed by atoms with Crippen molar-refractivity contribution in [3.05, 3.63) is 28.2 Å². The standard InChI is InChI=1S/C13H19BrN2O2/c1-3-15-9-13(17)16-7-6-10-4-5-12(18-2)11(14)8-10/h4-5,8,15H,3,6-7,9H2,1-2H3,(H,16,17). The fourth-order valence-corrected chi connectivity index (χ4v) is 2.10. The van der Waals surface area contributed by atoms with E-state index in [4.69, 9.17) is 4.74 Å². The van der Waals surface area contributed by atoms with Gasteiger partial charge < -0.3 is 15.4 Å². The average molecular weight is 315 g/mol. The maximum atomic E-state index is 11.4. The molecule has 0 radical (unpaired) electrons. The van der Waals surface area contributed by atoms with Gasteiger partial charge >= 0.3 is 0 Å². The molecular formula is C13H19BrN2O2. The summed E-state index contributed by atoms with van der Waals surface area (Å²) in [5.74, 6) is 0.847. The number of carbonyl (C=O) groups excluding carboxylic acids is 1. The van der Waals surface area contributed by atoms with E-state index in [-0.39, 0.29) is 5.91 Å². The van der Waals surface area contributed by atoms with Gasteiger partial charge in [0, 0.05) is 6.54 Å². The lowest BCUT2D eigenvalue weighted by Crippen LogP contribution is -2.34. The van der Waals surface area contributed by atoms with Crippen molar-refractivity contribution in [2.24, 2.45) is 0 Å². The predicted molar refractivity (Wildman–Crippen MR) is 76.0 cm³/mol. The van der Waals surface area contributed by atoms with Crippen molar-refractivity contribution >= 4 is 21.8 Å². The third-order valence-electron chi connectivity index (χ3n) is 2.49. The molecule has 0 aromatic heterocycles. The van der Waals surface area contributed by atoms with Gasteiger partial charge in [-0.25, -0.2) is 0 Å². The maximum Gasteiger partial charge on any atom is 0.233 e. The maximum absolute atomic E-state index is 11.4. The van der Waals surface area contributed by atoms with Crippen LogP contribution in [0.2, 0.25) is 0 Å². The molecule has 0 aliphatic rings. The van der Waals surface area contributed by atoms with Crippen LogP contribution in [0.5, 0.6) is 5.75 Å². The molecule has 0 heterocycles. The van der Waals surface area contributed by atoms with E-state index in [1.165, 1.54) is 0 Å². The molecule has 1 rings (SSSR count). The first-order chi connectivity index (χ1) is 8.67. The lowest BCUT2D eigenvalue weighted by Gasteiger charge is -2.08. The van der Waals surface area contributed by atoms with Gasteiger partial charge in [0.15, 0.2) is 0 Å². The number of hydrogen-bond acceptors (Lipinski definition) is 3. The van der Waals surface area contributed by atoms with E-state index in [9.17, 15) is 4.79 Å². The molecule has 1 aromatic rings. The van der Waals surface area contributed by atoms with Crippen molar-refractivity contribution in [1.29, 1.82) is 0 Å². The molecule has 4 nitrogen and oxygen atoms in total. The molecule has 18 heavy (non-hydrogen) atoms. The molecule has 100 valence electrons. The molecule has 2 N–H and O–H groups in total. The molecule has 1 aromatic carbocycles. The summed E-state index contributed by atoms with van der Waals surface area (Å²) >= 11 is 3.44. The summed E-state index contributed by atoms with van der Waals surface area (Å²) in [5, 5.41) is 5.85. The molecular weight excluding hydrogens is 296 g/mol. The van der Waals surface area contributed by atoms with E-state index in [0.717, 1.165) is 28.8 Å². The summed E-state index contributed by atoms with van der Waals surface area (Å²) in [7, 11) is 1.64. The minimum Gasteiger partial charge on any atom is -0.496 e. The largest absolute Gasteiger partial charge is 0.496 e. The minimum atomic E-state index is 0.0319. The van der Waals surface area contributed by atoms with E-state index in [2.05, 4.69) is 26.6 Å². The van der Waals surface area contributed by atoms with E-state index in [0.29, 0.717) is 13.1 Å². The Hall–Kier alpha value is -1.07. The topological polar surface area (TPSA) is 50.4 Å². The zero-order chi connectivity index (χ0) is 13.4. The molecule has 0 aliphatic heterocycles. The predicted octanol–water partition coefficient (Wildman–Crippen LogP) is 1.73. The average Bonchev–Trinajstić information content (AvgIpc) is 2.36. The monoisotopic (exact) mass is 314 g/mol. The smallest absolute Gasteiger partial charge is 0.233 e. The SMILES string of the molecule is CCNCC(=O)NCCc1ccc(OC)c(Br)c1.